The van der Waals surface area contributed by atoms with Crippen LogP contribution >= 0.6 is 34.5 Å². The molecule has 0 radical (unpaired) electrons. The van der Waals surface area contributed by atoms with Crippen molar-refractivity contribution in [1.82, 2.24) is 5.32 Å². The zero-order chi connectivity index (χ0) is 13.1. The summed E-state index contributed by atoms with van der Waals surface area (Å²) in [6.07, 6.45) is 0. The molecule has 96 valence electrons. The van der Waals surface area contributed by atoms with Crippen LogP contribution in [0.3, 0.4) is 0 Å². The van der Waals surface area contributed by atoms with Gasteiger partial charge >= 0.3 is 0 Å². The Morgan fingerprint density at radius 3 is 2.61 bits per heavy atom. The maximum Gasteiger partial charge on any atom is 0.129 e. The molecule has 0 aliphatic carbocycles. The van der Waals surface area contributed by atoms with Crippen molar-refractivity contribution >= 4 is 34.5 Å². The number of thiophene rings is 1. The molecule has 0 spiro atoms. The normalized spacial score (nSPS) is 12.7. The van der Waals surface area contributed by atoms with Crippen LogP contribution in [0.4, 0.5) is 4.39 Å². The minimum Gasteiger partial charge on any atom is -0.306 e. The third-order valence-corrected chi connectivity index (χ3v) is 4.20. The zero-order valence-corrected chi connectivity index (χ0v) is 12.0. The van der Waals surface area contributed by atoms with Gasteiger partial charge in [0.15, 0.2) is 0 Å². The van der Waals surface area contributed by atoms with E-state index in [1.54, 1.807) is 18.2 Å². The van der Waals surface area contributed by atoms with Gasteiger partial charge in [0.25, 0.3) is 0 Å². The average Bonchev–Trinajstić information content (AvgIpc) is 2.74. The molecule has 0 aliphatic heterocycles. The standard InChI is InChI=1S/C13H12Cl2FNS/c1-2-17-13(10-6-7-11(15)18-10)12-8(14)4-3-5-9(12)16/h3-7,13,17H,2H2,1H3. The third kappa shape index (κ3) is 2.86. The van der Waals surface area contributed by atoms with E-state index >= 15 is 0 Å². The van der Waals surface area contributed by atoms with E-state index < -0.39 is 0 Å². The molecule has 0 fully saturated rings. The molecule has 2 aromatic rings. The second-order valence-electron chi connectivity index (χ2n) is 3.77. The molecule has 5 heteroatoms. The Morgan fingerprint density at radius 2 is 2.06 bits per heavy atom. The number of rotatable bonds is 4. The quantitative estimate of drug-likeness (QED) is 0.847. The molecule has 0 aliphatic rings. The summed E-state index contributed by atoms with van der Waals surface area (Å²) in [5.41, 5.74) is 0.472. The summed E-state index contributed by atoms with van der Waals surface area (Å²) in [6, 6.07) is 8.15. The van der Waals surface area contributed by atoms with Crippen molar-refractivity contribution in [2.45, 2.75) is 13.0 Å². The smallest absolute Gasteiger partial charge is 0.129 e. The molecule has 1 aromatic carbocycles. The zero-order valence-electron chi connectivity index (χ0n) is 9.71. The first-order chi connectivity index (χ1) is 8.63. The first kappa shape index (κ1) is 13.8. The van der Waals surface area contributed by atoms with Gasteiger partial charge in [0.05, 0.1) is 10.4 Å². The number of halogens is 3. The lowest BCUT2D eigenvalue weighted by atomic mass is 10.0. The second kappa shape index (κ2) is 6.02. The Bertz CT molecular complexity index is 521. The van der Waals surface area contributed by atoms with Gasteiger partial charge in [-0.05, 0) is 30.8 Å². The highest BCUT2D eigenvalue weighted by molar-refractivity contribution is 7.16. The lowest BCUT2D eigenvalue weighted by Gasteiger charge is -2.18. The van der Waals surface area contributed by atoms with Gasteiger partial charge in [-0.3, -0.25) is 0 Å². The number of hydrogen-bond acceptors (Lipinski definition) is 2. The number of benzene rings is 1. The van der Waals surface area contributed by atoms with Gasteiger partial charge in [0.2, 0.25) is 0 Å². The van der Waals surface area contributed by atoms with Crippen molar-refractivity contribution in [3.05, 3.63) is 55.9 Å². The van der Waals surface area contributed by atoms with Gasteiger partial charge in [-0.25, -0.2) is 4.39 Å². The first-order valence-corrected chi connectivity index (χ1v) is 7.13. The molecule has 1 unspecified atom stereocenters. The molecule has 0 bridgehead atoms. The Labute approximate surface area is 120 Å². The van der Waals surface area contributed by atoms with E-state index in [4.69, 9.17) is 23.2 Å². The summed E-state index contributed by atoms with van der Waals surface area (Å²) in [7, 11) is 0. The third-order valence-electron chi connectivity index (χ3n) is 2.58. The number of hydrogen-bond donors (Lipinski definition) is 1. The Balaban J connectivity index is 2.47. The van der Waals surface area contributed by atoms with Crippen molar-refractivity contribution in [1.29, 1.82) is 0 Å². The van der Waals surface area contributed by atoms with E-state index in [0.717, 1.165) is 4.88 Å². The lowest BCUT2D eigenvalue weighted by molar-refractivity contribution is 0.563. The van der Waals surface area contributed by atoms with Crippen LogP contribution in [-0.4, -0.2) is 6.54 Å². The van der Waals surface area contributed by atoms with Crippen LogP contribution in [0.25, 0.3) is 0 Å². The topological polar surface area (TPSA) is 12.0 Å². The van der Waals surface area contributed by atoms with Crippen molar-refractivity contribution in [2.75, 3.05) is 6.54 Å². The van der Waals surface area contributed by atoms with Crippen molar-refractivity contribution in [2.24, 2.45) is 0 Å². The molecular weight excluding hydrogens is 292 g/mol. The maximum atomic E-state index is 14.0. The fourth-order valence-electron chi connectivity index (χ4n) is 1.82. The van der Waals surface area contributed by atoms with Gasteiger partial charge in [0.1, 0.15) is 5.82 Å². The summed E-state index contributed by atoms with van der Waals surface area (Å²) < 4.78 is 14.6. The van der Waals surface area contributed by atoms with Crippen LogP contribution in [-0.2, 0) is 0 Å². The Kier molecular flexibility index (Phi) is 4.62. The van der Waals surface area contributed by atoms with Crippen molar-refractivity contribution in [3.8, 4) is 0 Å². The van der Waals surface area contributed by atoms with Crippen LogP contribution in [0.15, 0.2) is 30.3 Å². The molecule has 0 amide bonds. The highest BCUT2D eigenvalue weighted by Gasteiger charge is 2.21. The predicted octanol–water partition coefficient (Wildman–Crippen LogP) is 4.89. The van der Waals surface area contributed by atoms with Crippen LogP contribution < -0.4 is 5.32 Å². The first-order valence-electron chi connectivity index (χ1n) is 5.56. The fourth-order valence-corrected chi connectivity index (χ4v) is 3.24. The van der Waals surface area contributed by atoms with E-state index in [-0.39, 0.29) is 11.9 Å². The summed E-state index contributed by atoms with van der Waals surface area (Å²) in [5, 5.41) is 3.66. The minimum absolute atomic E-state index is 0.263. The minimum atomic E-state index is -0.307. The lowest BCUT2D eigenvalue weighted by Crippen LogP contribution is -2.22. The van der Waals surface area contributed by atoms with Crippen LogP contribution in [0.5, 0.6) is 0 Å². The molecule has 0 saturated heterocycles. The summed E-state index contributed by atoms with van der Waals surface area (Å²) >= 11 is 13.5. The van der Waals surface area contributed by atoms with Crippen LogP contribution in [0.2, 0.25) is 9.36 Å². The molecule has 1 heterocycles. The van der Waals surface area contributed by atoms with Gasteiger partial charge < -0.3 is 5.32 Å². The van der Waals surface area contributed by atoms with E-state index in [1.165, 1.54) is 17.4 Å². The molecule has 1 atom stereocenters. The molecule has 0 saturated carbocycles. The Morgan fingerprint density at radius 1 is 1.28 bits per heavy atom. The molecule has 2 rings (SSSR count). The average molecular weight is 304 g/mol. The molecule has 1 N–H and O–H groups in total. The fraction of sp³-hybridized carbons (Fsp3) is 0.231. The monoisotopic (exact) mass is 303 g/mol. The highest BCUT2D eigenvalue weighted by Crippen LogP contribution is 2.35. The maximum absolute atomic E-state index is 14.0. The number of nitrogens with one attached hydrogen (secondary N) is 1. The van der Waals surface area contributed by atoms with Crippen LogP contribution in [0.1, 0.15) is 23.4 Å². The van der Waals surface area contributed by atoms with E-state index in [2.05, 4.69) is 5.32 Å². The summed E-state index contributed by atoms with van der Waals surface area (Å²) in [5.74, 6) is -0.307. The largest absolute Gasteiger partial charge is 0.306 e. The molecular formula is C13H12Cl2FNS. The van der Waals surface area contributed by atoms with Crippen LogP contribution in [0, 0.1) is 5.82 Å². The van der Waals surface area contributed by atoms with E-state index in [1.807, 2.05) is 13.0 Å². The van der Waals surface area contributed by atoms with Gasteiger partial charge in [-0.15, -0.1) is 11.3 Å². The van der Waals surface area contributed by atoms with Crippen molar-refractivity contribution in [3.63, 3.8) is 0 Å². The van der Waals surface area contributed by atoms with E-state index in [9.17, 15) is 4.39 Å². The van der Waals surface area contributed by atoms with Gasteiger partial charge in [0, 0.05) is 15.5 Å². The molecule has 1 nitrogen and oxygen atoms in total. The SMILES string of the molecule is CCNC(c1ccc(Cl)s1)c1c(F)cccc1Cl. The van der Waals surface area contributed by atoms with Gasteiger partial charge in [-0.2, -0.15) is 0 Å². The highest BCUT2D eigenvalue weighted by atomic mass is 35.5. The van der Waals surface area contributed by atoms with Crippen molar-refractivity contribution < 1.29 is 4.39 Å². The second-order valence-corrected chi connectivity index (χ2v) is 5.92. The predicted molar refractivity (Wildman–Crippen MR) is 76.3 cm³/mol. The molecule has 1 aromatic heterocycles. The summed E-state index contributed by atoms with van der Waals surface area (Å²) in [6.45, 7) is 2.68. The van der Waals surface area contributed by atoms with Gasteiger partial charge in [-0.1, -0.05) is 36.2 Å². The Hall–Kier alpha value is -0.610. The molecule has 18 heavy (non-hydrogen) atoms. The summed E-state index contributed by atoms with van der Waals surface area (Å²) in [4.78, 5) is 0.953. The van der Waals surface area contributed by atoms with E-state index in [0.29, 0.717) is 21.5 Å².